The number of anilines is 2. The number of nitrogens with zero attached hydrogens (tertiary/aromatic N) is 6. The Kier molecular flexibility index (Phi) is 6.35. The van der Waals surface area contributed by atoms with Crippen LogP contribution in [0.4, 0.5) is 20.4 Å². The average Bonchev–Trinajstić information content (AvgIpc) is 3.26. The van der Waals surface area contributed by atoms with Gasteiger partial charge in [0.1, 0.15) is 12.2 Å². The third-order valence-corrected chi connectivity index (χ3v) is 5.12. The number of aromatic nitrogens is 5. The summed E-state index contributed by atoms with van der Waals surface area (Å²) in [7, 11) is 0. The number of nitrogens with one attached hydrogen (secondary N) is 2. The molecule has 0 aliphatic carbocycles. The fraction of sp³-hybridized carbons (Fsp3) is 0.217. The quantitative estimate of drug-likeness (QED) is 0.368. The number of amides is 1. The lowest BCUT2D eigenvalue weighted by atomic mass is 10.0. The zero-order chi connectivity index (χ0) is 25.2. The van der Waals surface area contributed by atoms with Crippen molar-refractivity contribution in [3.05, 3.63) is 66.0 Å². The number of aliphatic hydroxyl groups is 1. The molecule has 0 saturated carbocycles. The second-order valence-corrected chi connectivity index (χ2v) is 8.21. The summed E-state index contributed by atoms with van der Waals surface area (Å²) in [6.45, 7) is 2.17. The van der Waals surface area contributed by atoms with Crippen molar-refractivity contribution in [2.24, 2.45) is 0 Å². The Balaban J connectivity index is 1.71. The number of carbonyl (C=O) groups is 1. The number of alkyl halides is 1. The van der Waals surface area contributed by atoms with E-state index in [0.29, 0.717) is 22.5 Å². The van der Waals surface area contributed by atoms with Crippen LogP contribution in [-0.2, 0) is 0 Å². The maximum atomic E-state index is 14.1. The lowest BCUT2D eigenvalue weighted by Crippen LogP contribution is -2.42. The van der Waals surface area contributed by atoms with Crippen LogP contribution in [0.3, 0.4) is 0 Å². The van der Waals surface area contributed by atoms with Crippen LogP contribution in [0.15, 0.2) is 49.1 Å². The van der Waals surface area contributed by atoms with Gasteiger partial charge in [0.05, 0.1) is 64.5 Å². The summed E-state index contributed by atoms with van der Waals surface area (Å²) >= 11 is 0. The molecule has 4 heterocycles. The van der Waals surface area contributed by atoms with Crippen LogP contribution in [0.2, 0.25) is 0 Å². The minimum absolute atomic E-state index is 0.0225. The molecule has 178 valence electrons. The van der Waals surface area contributed by atoms with Gasteiger partial charge in [-0.1, -0.05) is 0 Å². The van der Waals surface area contributed by atoms with Crippen molar-refractivity contribution in [3.63, 3.8) is 0 Å². The van der Waals surface area contributed by atoms with Crippen LogP contribution in [0.5, 0.6) is 0 Å². The van der Waals surface area contributed by atoms with Crippen LogP contribution in [0, 0.1) is 17.1 Å². The number of hydrogen-bond acceptors (Lipinski definition) is 8. The highest BCUT2D eigenvalue weighted by atomic mass is 19.1. The van der Waals surface area contributed by atoms with Crippen LogP contribution in [-0.4, -0.2) is 53.9 Å². The predicted molar refractivity (Wildman–Crippen MR) is 122 cm³/mol. The standard InChI is InChI=1S/C23H20F2N8O2/c1-23(2,35)20(25)12-28-21(34)16-11-27-18(6-17(16)32-22-29-9-14(24)10-30-22)19-4-3-15-5-13(7-26)8-31-33(15)19/h3-6,8-11,20,35H,12H2,1-2H3,(H,28,34)(H,27,29,30,32). The lowest BCUT2D eigenvalue weighted by Gasteiger charge is -2.22. The second-order valence-electron chi connectivity index (χ2n) is 8.21. The molecule has 0 fully saturated rings. The van der Waals surface area contributed by atoms with Gasteiger partial charge in [-0.2, -0.15) is 10.4 Å². The Labute approximate surface area is 198 Å². The summed E-state index contributed by atoms with van der Waals surface area (Å²) in [6.07, 6.45) is 2.93. The molecule has 1 unspecified atom stereocenters. The van der Waals surface area contributed by atoms with Gasteiger partial charge >= 0.3 is 0 Å². The topological polar surface area (TPSA) is 141 Å². The smallest absolute Gasteiger partial charge is 0.255 e. The summed E-state index contributed by atoms with van der Waals surface area (Å²) in [5, 5.41) is 28.4. The molecule has 0 aliphatic rings. The molecule has 0 aliphatic heterocycles. The molecule has 0 spiro atoms. The number of halogens is 2. The van der Waals surface area contributed by atoms with Crippen molar-refractivity contribution in [1.29, 1.82) is 5.26 Å². The van der Waals surface area contributed by atoms with Crippen LogP contribution in [0.25, 0.3) is 16.9 Å². The van der Waals surface area contributed by atoms with E-state index in [1.807, 2.05) is 6.07 Å². The van der Waals surface area contributed by atoms with Gasteiger partial charge in [0.15, 0.2) is 5.82 Å². The minimum Gasteiger partial charge on any atom is -0.387 e. The van der Waals surface area contributed by atoms with E-state index in [-0.39, 0.29) is 17.2 Å². The van der Waals surface area contributed by atoms with E-state index >= 15 is 0 Å². The first-order valence-corrected chi connectivity index (χ1v) is 10.4. The number of carbonyl (C=O) groups excluding carboxylic acids is 1. The van der Waals surface area contributed by atoms with Crippen LogP contribution >= 0.6 is 0 Å². The maximum absolute atomic E-state index is 14.1. The van der Waals surface area contributed by atoms with E-state index in [2.05, 4.69) is 30.7 Å². The highest BCUT2D eigenvalue weighted by Crippen LogP contribution is 2.27. The fourth-order valence-corrected chi connectivity index (χ4v) is 3.16. The minimum atomic E-state index is -1.70. The van der Waals surface area contributed by atoms with E-state index in [9.17, 15) is 18.7 Å². The van der Waals surface area contributed by atoms with Gasteiger partial charge in [-0.25, -0.2) is 23.3 Å². The number of pyridine rings is 1. The first-order valence-electron chi connectivity index (χ1n) is 10.4. The second kappa shape index (κ2) is 9.40. The Morgan fingerprint density at radius 1 is 1.20 bits per heavy atom. The first kappa shape index (κ1) is 23.7. The fourth-order valence-electron chi connectivity index (χ4n) is 3.16. The molecule has 4 aromatic rings. The zero-order valence-corrected chi connectivity index (χ0v) is 18.7. The number of hydrogen-bond donors (Lipinski definition) is 3. The Bertz CT molecular complexity index is 1420. The van der Waals surface area contributed by atoms with E-state index in [1.165, 1.54) is 26.2 Å². The Morgan fingerprint density at radius 3 is 2.63 bits per heavy atom. The molecule has 0 radical (unpaired) electrons. The van der Waals surface area contributed by atoms with Crippen molar-refractivity contribution >= 4 is 23.1 Å². The van der Waals surface area contributed by atoms with E-state index in [4.69, 9.17) is 5.26 Å². The third-order valence-electron chi connectivity index (χ3n) is 5.12. The predicted octanol–water partition coefficient (Wildman–Crippen LogP) is 2.78. The van der Waals surface area contributed by atoms with E-state index in [1.54, 1.807) is 28.8 Å². The monoisotopic (exact) mass is 478 g/mol. The summed E-state index contributed by atoms with van der Waals surface area (Å²) in [6, 6.07) is 8.76. The molecule has 10 nitrogen and oxygen atoms in total. The molecule has 3 N–H and O–H groups in total. The van der Waals surface area contributed by atoms with Gasteiger partial charge in [0, 0.05) is 6.20 Å². The van der Waals surface area contributed by atoms with Gasteiger partial charge in [0.25, 0.3) is 5.91 Å². The SMILES string of the molecule is CC(C)(O)C(F)CNC(=O)c1cnc(-c2ccc3cc(C#N)cnn23)cc1Nc1ncc(F)cn1. The molecule has 4 rings (SSSR count). The van der Waals surface area contributed by atoms with Gasteiger partial charge in [-0.3, -0.25) is 9.78 Å². The number of fused-ring (bicyclic) bond motifs is 1. The van der Waals surface area contributed by atoms with Gasteiger partial charge in [-0.05, 0) is 38.1 Å². The normalized spacial score (nSPS) is 12.2. The zero-order valence-electron chi connectivity index (χ0n) is 18.7. The van der Waals surface area contributed by atoms with Gasteiger partial charge in [0.2, 0.25) is 5.95 Å². The summed E-state index contributed by atoms with van der Waals surface area (Å²) in [4.78, 5) is 24.9. The lowest BCUT2D eigenvalue weighted by molar-refractivity contribution is -0.00177. The van der Waals surface area contributed by atoms with Crippen molar-refractivity contribution in [3.8, 4) is 17.5 Å². The van der Waals surface area contributed by atoms with E-state index in [0.717, 1.165) is 12.4 Å². The highest BCUT2D eigenvalue weighted by Gasteiger charge is 2.27. The molecule has 12 heteroatoms. The molecule has 0 aromatic carbocycles. The van der Waals surface area contributed by atoms with Crippen molar-refractivity contribution < 1.29 is 18.7 Å². The number of rotatable bonds is 7. The van der Waals surface area contributed by atoms with Crippen molar-refractivity contribution in [2.75, 3.05) is 11.9 Å². The van der Waals surface area contributed by atoms with Crippen LogP contribution < -0.4 is 10.6 Å². The Morgan fingerprint density at radius 2 is 1.94 bits per heavy atom. The highest BCUT2D eigenvalue weighted by molar-refractivity contribution is 6.00. The molecule has 0 saturated heterocycles. The maximum Gasteiger partial charge on any atom is 0.255 e. The molecule has 35 heavy (non-hydrogen) atoms. The average molecular weight is 478 g/mol. The van der Waals surface area contributed by atoms with Crippen molar-refractivity contribution in [2.45, 2.75) is 25.6 Å². The molecular formula is C23H20F2N8O2. The third kappa shape index (κ3) is 5.20. The molecule has 1 amide bonds. The molecule has 4 aromatic heterocycles. The molecular weight excluding hydrogens is 458 g/mol. The van der Waals surface area contributed by atoms with Gasteiger partial charge in [-0.15, -0.1) is 0 Å². The first-order chi connectivity index (χ1) is 16.7. The summed E-state index contributed by atoms with van der Waals surface area (Å²) < 4.78 is 29.0. The number of nitriles is 1. The summed E-state index contributed by atoms with van der Waals surface area (Å²) in [5.41, 5.74) is 0.697. The van der Waals surface area contributed by atoms with E-state index < -0.39 is 30.0 Å². The molecule has 0 bridgehead atoms. The summed E-state index contributed by atoms with van der Waals surface area (Å²) in [5.74, 6) is -1.27. The molecule has 1 atom stereocenters. The Hall–Kier alpha value is -4.50. The van der Waals surface area contributed by atoms with Crippen LogP contribution in [0.1, 0.15) is 29.8 Å². The van der Waals surface area contributed by atoms with Gasteiger partial charge < -0.3 is 15.7 Å². The largest absolute Gasteiger partial charge is 0.387 e. The van der Waals surface area contributed by atoms with Crippen molar-refractivity contribution in [1.82, 2.24) is 29.9 Å².